The highest BCUT2D eigenvalue weighted by Gasteiger charge is 2.09. The number of anilines is 1. The van der Waals surface area contributed by atoms with E-state index in [0.29, 0.717) is 0 Å². The van der Waals surface area contributed by atoms with Crippen molar-refractivity contribution in [3.63, 3.8) is 0 Å². The minimum absolute atomic E-state index is 0.214. The van der Waals surface area contributed by atoms with Crippen molar-refractivity contribution in [1.82, 2.24) is 0 Å². The van der Waals surface area contributed by atoms with E-state index in [1.807, 2.05) is 71.4 Å². The summed E-state index contributed by atoms with van der Waals surface area (Å²) in [6.45, 7) is -0.214. The van der Waals surface area contributed by atoms with Gasteiger partial charge in [-0.15, -0.1) is 0 Å². The molecule has 1 aromatic heterocycles. The third-order valence-corrected chi connectivity index (χ3v) is 4.14. The Morgan fingerprint density at radius 2 is 1.84 bits per heavy atom. The van der Waals surface area contributed by atoms with Gasteiger partial charge in [-0.05, 0) is 23.1 Å². The average Bonchev–Trinajstić information content (AvgIpc) is 3.18. The van der Waals surface area contributed by atoms with Crippen molar-refractivity contribution in [2.24, 2.45) is 10.9 Å². The van der Waals surface area contributed by atoms with E-state index in [-0.39, 0.29) is 18.3 Å². The second kappa shape index (κ2) is 8.12. The van der Waals surface area contributed by atoms with Crippen LogP contribution in [0.5, 0.6) is 0 Å². The zero-order chi connectivity index (χ0) is 17.5. The number of nitrogens with two attached hydrogens (primary N) is 1. The minimum atomic E-state index is -0.301. The molecule has 5 nitrogen and oxygen atoms in total. The predicted octanol–water partition coefficient (Wildman–Crippen LogP) is 3.69. The van der Waals surface area contributed by atoms with Crippen LogP contribution in [0.25, 0.3) is 11.1 Å². The molecule has 6 heteroatoms. The Morgan fingerprint density at radius 3 is 2.60 bits per heavy atom. The first-order chi connectivity index (χ1) is 12.2. The van der Waals surface area contributed by atoms with Crippen molar-refractivity contribution in [2.45, 2.75) is 0 Å². The fourth-order valence-corrected chi connectivity index (χ4v) is 2.92. The quantitative estimate of drug-likeness (QED) is 0.404. The second-order valence-corrected chi connectivity index (χ2v) is 6.00. The Kier molecular flexibility index (Phi) is 5.43. The molecule has 0 fully saturated rings. The minimum Gasteiger partial charge on any atom is -0.384 e. The molecule has 0 unspecified atom stereocenters. The van der Waals surface area contributed by atoms with Gasteiger partial charge in [0, 0.05) is 22.2 Å². The maximum Gasteiger partial charge on any atom is 0.265 e. The van der Waals surface area contributed by atoms with Crippen molar-refractivity contribution < 1.29 is 9.63 Å². The van der Waals surface area contributed by atoms with E-state index in [0.717, 1.165) is 22.4 Å². The lowest BCUT2D eigenvalue weighted by Crippen LogP contribution is -2.19. The van der Waals surface area contributed by atoms with Gasteiger partial charge in [0.05, 0.1) is 0 Å². The molecule has 126 valence electrons. The third-order valence-electron chi connectivity index (χ3n) is 3.46. The Balaban J connectivity index is 1.63. The molecule has 0 spiro atoms. The summed E-state index contributed by atoms with van der Waals surface area (Å²) in [5, 5.41) is 10.4. The second-order valence-electron chi connectivity index (χ2n) is 5.22. The summed E-state index contributed by atoms with van der Waals surface area (Å²) in [4.78, 5) is 17.2. The zero-order valence-electron chi connectivity index (χ0n) is 13.4. The van der Waals surface area contributed by atoms with Crippen LogP contribution in [0.2, 0.25) is 0 Å². The number of oxime groups is 1. The van der Waals surface area contributed by atoms with E-state index < -0.39 is 0 Å². The smallest absolute Gasteiger partial charge is 0.265 e. The number of carbonyl (C=O) groups excluding carboxylic acids is 1. The lowest BCUT2D eigenvalue weighted by Gasteiger charge is -2.11. The molecule has 0 aliphatic carbocycles. The number of rotatable bonds is 6. The van der Waals surface area contributed by atoms with Crippen LogP contribution in [0.1, 0.15) is 5.56 Å². The molecule has 0 saturated carbocycles. The summed E-state index contributed by atoms with van der Waals surface area (Å²) < 4.78 is 0. The van der Waals surface area contributed by atoms with Gasteiger partial charge in [-0.1, -0.05) is 53.7 Å². The van der Waals surface area contributed by atoms with E-state index in [9.17, 15) is 4.79 Å². The number of thiophene rings is 1. The lowest BCUT2D eigenvalue weighted by molar-refractivity contribution is -0.120. The molecule has 3 rings (SSSR count). The molecule has 0 aliphatic rings. The summed E-state index contributed by atoms with van der Waals surface area (Å²) in [7, 11) is 0. The van der Waals surface area contributed by atoms with Crippen LogP contribution in [0.15, 0.2) is 76.6 Å². The van der Waals surface area contributed by atoms with E-state index in [2.05, 4.69) is 10.5 Å². The summed E-state index contributed by atoms with van der Waals surface area (Å²) in [6.07, 6.45) is 0. The molecular weight excluding hydrogens is 334 g/mol. The van der Waals surface area contributed by atoms with E-state index in [4.69, 9.17) is 10.6 Å². The average molecular weight is 351 g/mol. The molecule has 0 bridgehead atoms. The number of hydrogen-bond donors (Lipinski definition) is 2. The number of para-hydroxylation sites is 1. The lowest BCUT2D eigenvalue weighted by atomic mass is 10.0. The SMILES string of the molecule is N/C(=N/OCC(=O)Nc1ccccc1-c1ccccc1)c1ccsc1. The highest BCUT2D eigenvalue weighted by molar-refractivity contribution is 7.08. The molecule has 0 radical (unpaired) electrons. The van der Waals surface area contributed by atoms with Crippen molar-refractivity contribution in [1.29, 1.82) is 0 Å². The third kappa shape index (κ3) is 4.45. The zero-order valence-corrected chi connectivity index (χ0v) is 14.2. The summed E-state index contributed by atoms with van der Waals surface area (Å²) in [6, 6.07) is 19.3. The maximum atomic E-state index is 12.1. The van der Waals surface area contributed by atoms with Crippen LogP contribution < -0.4 is 11.1 Å². The number of benzene rings is 2. The van der Waals surface area contributed by atoms with Crippen LogP contribution in [-0.4, -0.2) is 18.3 Å². The van der Waals surface area contributed by atoms with Crippen molar-refractivity contribution >= 4 is 28.8 Å². The van der Waals surface area contributed by atoms with E-state index in [1.54, 1.807) is 0 Å². The number of amides is 1. The summed E-state index contributed by atoms with van der Waals surface area (Å²) >= 11 is 1.51. The van der Waals surface area contributed by atoms with Crippen LogP contribution in [-0.2, 0) is 9.63 Å². The molecule has 25 heavy (non-hydrogen) atoms. The van der Waals surface area contributed by atoms with Crippen LogP contribution in [0, 0.1) is 0 Å². The summed E-state index contributed by atoms with van der Waals surface area (Å²) in [5.41, 5.74) is 9.24. The van der Waals surface area contributed by atoms with Gasteiger partial charge in [0.2, 0.25) is 0 Å². The first kappa shape index (κ1) is 16.7. The Labute approximate surface area is 149 Å². The molecule has 1 amide bonds. The fraction of sp³-hybridized carbons (Fsp3) is 0.0526. The largest absolute Gasteiger partial charge is 0.384 e. The number of amidine groups is 1. The Hall–Kier alpha value is -3.12. The van der Waals surface area contributed by atoms with Crippen molar-refractivity contribution in [3.8, 4) is 11.1 Å². The maximum absolute atomic E-state index is 12.1. The fourth-order valence-electron chi connectivity index (χ4n) is 2.27. The van der Waals surface area contributed by atoms with E-state index >= 15 is 0 Å². The van der Waals surface area contributed by atoms with Gasteiger partial charge in [0.15, 0.2) is 12.4 Å². The van der Waals surface area contributed by atoms with Crippen molar-refractivity contribution in [2.75, 3.05) is 11.9 Å². The van der Waals surface area contributed by atoms with Gasteiger partial charge < -0.3 is 15.9 Å². The highest BCUT2D eigenvalue weighted by atomic mass is 32.1. The number of nitrogens with one attached hydrogen (secondary N) is 1. The standard InChI is InChI=1S/C19H17N3O2S/c20-19(15-10-11-25-13-15)22-24-12-18(23)21-17-9-5-4-8-16(17)14-6-2-1-3-7-14/h1-11,13H,12H2,(H2,20,22)(H,21,23). The van der Waals surface area contributed by atoms with Crippen molar-refractivity contribution in [3.05, 3.63) is 77.0 Å². The summed E-state index contributed by atoms with van der Waals surface area (Å²) in [5.74, 6) is -0.0519. The first-order valence-electron chi connectivity index (χ1n) is 7.66. The topological polar surface area (TPSA) is 76.7 Å². The van der Waals surface area contributed by atoms with Gasteiger partial charge in [0.25, 0.3) is 5.91 Å². The van der Waals surface area contributed by atoms with E-state index in [1.165, 1.54) is 11.3 Å². The van der Waals surface area contributed by atoms with Crippen LogP contribution >= 0.6 is 11.3 Å². The Morgan fingerprint density at radius 1 is 1.08 bits per heavy atom. The van der Waals surface area contributed by atoms with Gasteiger partial charge in [-0.3, -0.25) is 4.79 Å². The molecule has 0 aliphatic heterocycles. The highest BCUT2D eigenvalue weighted by Crippen LogP contribution is 2.27. The molecule has 0 saturated heterocycles. The first-order valence-corrected chi connectivity index (χ1v) is 8.60. The molecule has 3 aromatic rings. The molecule has 1 heterocycles. The number of carbonyl (C=O) groups is 1. The number of hydrogen-bond acceptors (Lipinski definition) is 4. The van der Waals surface area contributed by atoms with Gasteiger partial charge in [-0.25, -0.2) is 0 Å². The number of nitrogens with zero attached hydrogens (tertiary/aromatic N) is 1. The van der Waals surface area contributed by atoms with Gasteiger partial charge in [-0.2, -0.15) is 11.3 Å². The predicted molar refractivity (Wildman–Crippen MR) is 102 cm³/mol. The van der Waals surface area contributed by atoms with Gasteiger partial charge >= 0.3 is 0 Å². The Bertz CT molecular complexity index is 861. The molecule has 3 N–H and O–H groups in total. The van der Waals surface area contributed by atoms with Crippen LogP contribution in [0.4, 0.5) is 5.69 Å². The van der Waals surface area contributed by atoms with Crippen LogP contribution in [0.3, 0.4) is 0 Å². The molecule has 0 atom stereocenters. The monoisotopic (exact) mass is 351 g/mol. The van der Waals surface area contributed by atoms with Gasteiger partial charge in [0.1, 0.15) is 0 Å². The molecular formula is C19H17N3O2S. The molecule has 2 aromatic carbocycles. The normalized spacial score (nSPS) is 11.1.